The lowest BCUT2D eigenvalue weighted by molar-refractivity contribution is -0.121. The molecule has 1 N–H and O–H groups in total. The van der Waals surface area contributed by atoms with E-state index in [0.29, 0.717) is 13.0 Å². The first kappa shape index (κ1) is 14.7. The number of aryl methyl sites for hydroxylation is 1. The summed E-state index contributed by atoms with van der Waals surface area (Å²) in [5.74, 6) is 1.02. The van der Waals surface area contributed by atoms with Crippen LogP contribution in [0.15, 0.2) is 66.9 Å². The molecule has 0 saturated heterocycles. The van der Waals surface area contributed by atoms with Gasteiger partial charge in [-0.1, -0.05) is 60.7 Å². The zero-order valence-electron chi connectivity index (χ0n) is 13.4. The minimum absolute atomic E-state index is 0.0858. The van der Waals surface area contributed by atoms with E-state index in [1.165, 1.54) is 5.56 Å². The van der Waals surface area contributed by atoms with Crippen molar-refractivity contribution in [3.63, 3.8) is 0 Å². The van der Waals surface area contributed by atoms with E-state index in [4.69, 9.17) is 4.98 Å². The van der Waals surface area contributed by atoms with Gasteiger partial charge in [0.25, 0.3) is 0 Å². The zero-order valence-corrected chi connectivity index (χ0v) is 13.4. The Bertz CT molecular complexity index is 840. The van der Waals surface area contributed by atoms with Crippen molar-refractivity contribution in [2.24, 2.45) is 0 Å². The Morgan fingerprint density at radius 3 is 2.50 bits per heavy atom. The molecule has 2 heterocycles. The van der Waals surface area contributed by atoms with Gasteiger partial charge in [0, 0.05) is 24.7 Å². The molecule has 4 heteroatoms. The second-order valence-corrected chi connectivity index (χ2v) is 6.10. The quantitative estimate of drug-likeness (QED) is 0.805. The molecule has 1 aromatic heterocycles. The van der Waals surface area contributed by atoms with Gasteiger partial charge in [-0.3, -0.25) is 4.79 Å². The minimum Gasteiger partial charge on any atom is -0.346 e. The van der Waals surface area contributed by atoms with E-state index in [1.54, 1.807) is 0 Å². The van der Waals surface area contributed by atoms with E-state index in [9.17, 15) is 4.79 Å². The summed E-state index contributed by atoms with van der Waals surface area (Å²) in [6.45, 7) is 0.673. The number of fused-ring (bicyclic) bond motifs is 1. The molecule has 0 aliphatic carbocycles. The summed E-state index contributed by atoms with van der Waals surface area (Å²) in [7, 11) is 0. The number of benzene rings is 2. The number of hydrogen-bond acceptors (Lipinski definition) is 2. The van der Waals surface area contributed by atoms with E-state index in [-0.39, 0.29) is 11.9 Å². The van der Waals surface area contributed by atoms with Crippen molar-refractivity contribution in [3.8, 4) is 11.3 Å². The fourth-order valence-corrected chi connectivity index (χ4v) is 3.18. The summed E-state index contributed by atoms with van der Waals surface area (Å²) in [6.07, 6.45) is 3.30. The van der Waals surface area contributed by atoms with Crippen molar-refractivity contribution in [3.05, 3.63) is 78.2 Å². The Morgan fingerprint density at radius 2 is 1.75 bits per heavy atom. The first-order valence-corrected chi connectivity index (χ1v) is 8.25. The molecule has 1 atom stereocenters. The molecule has 4 rings (SSSR count). The third-order valence-corrected chi connectivity index (χ3v) is 4.39. The molecule has 4 nitrogen and oxygen atoms in total. The molecule has 120 valence electrons. The average molecular weight is 317 g/mol. The van der Waals surface area contributed by atoms with Crippen LogP contribution in [0.4, 0.5) is 0 Å². The molecule has 3 aromatic rings. The Morgan fingerprint density at radius 1 is 1.04 bits per heavy atom. The number of imidazole rings is 1. The molecule has 24 heavy (non-hydrogen) atoms. The maximum absolute atomic E-state index is 12.1. The van der Waals surface area contributed by atoms with Crippen LogP contribution < -0.4 is 5.32 Å². The molecule has 0 spiro atoms. The summed E-state index contributed by atoms with van der Waals surface area (Å²) >= 11 is 0. The van der Waals surface area contributed by atoms with Crippen molar-refractivity contribution in [1.29, 1.82) is 0 Å². The molecule has 2 aromatic carbocycles. The predicted octanol–water partition coefficient (Wildman–Crippen LogP) is 3.35. The van der Waals surface area contributed by atoms with Crippen LogP contribution in [0.5, 0.6) is 0 Å². The van der Waals surface area contributed by atoms with Crippen molar-refractivity contribution in [2.45, 2.75) is 25.4 Å². The number of aromatic nitrogens is 2. The largest absolute Gasteiger partial charge is 0.346 e. The lowest BCUT2D eigenvalue weighted by Crippen LogP contribution is -2.28. The van der Waals surface area contributed by atoms with Crippen LogP contribution in [0.2, 0.25) is 0 Å². The Balaban J connectivity index is 1.70. The van der Waals surface area contributed by atoms with Crippen LogP contribution in [-0.4, -0.2) is 15.5 Å². The van der Waals surface area contributed by atoms with E-state index < -0.39 is 0 Å². The van der Waals surface area contributed by atoms with Crippen molar-refractivity contribution in [2.75, 3.05) is 0 Å². The number of carbonyl (C=O) groups is 1. The summed E-state index contributed by atoms with van der Waals surface area (Å²) in [4.78, 5) is 16.9. The van der Waals surface area contributed by atoms with E-state index in [2.05, 4.69) is 40.3 Å². The van der Waals surface area contributed by atoms with Gasteiger partial charge in [0.1, 0.15) is 5.82 Å². The average Bonchev–Trinajstić information content (AvgIpc) is 3.00. The fraction of sp³-hybridized carbons (Fsp3) is 0.200. The fourth-order valence-electron chi connectivity index (χ4n) is 3.18. The highest BCUT2D eigenvalue weighted by molar-refractivity contribution is 5.76. The summed E-state index contributed by atoms with van der Waals surface area (Å²) in [5, 5.41) is 3.13. The summed E-state index contributed by atoms with van der Waals surface area (Å²) in [6, 6.07) is 20.3. The van der Waals surface area contributed by atoms with E-state index >= 15 is 0 Å². The number of amides is 1. The van der Waals surface area contributed by atoms with Crippen molar-refractivity contribution in [1.82, 2.24) is 14.9 Å². The molecule has 0 bridgehead atoms. The molecule has 1 aliphatic heterocycles. The van der Waals surface area contributed by atoms with Gasteiger partial charge < -0.3 is 9.88 Å². The third kappa shape index (κ3) is 2.95. The first-order chi connectivity index (χ1) is 11.8. The highest BCUT2D eigenvalue weighted by Gasteiger charge is 2.25. The van der Waals surface area contributed by atoms with Crippen LogP contribution in [0, 0.1) is 0 Å². The monoisotopic (exact) mass is 317 g/mol. The normalized spacial score (nSPS) is 17.0. The molecule has 0 fully saturated rings. The second-order valence-electron chi connectivity index (χ2n) is 6.10. The predicted molar refractivity (Wildman–Crippen MR) is 93.3 cm³/mol. The molecule has 0 radical (unpaired) electrons. The van der Waals surface area contributed by atoms with Crippen LogP contribution in [0.1, 0.15) is 23.9 Å². The maximum Gasteiger partial charge on any atom is 0.222 e. The van der Waals surface area contributed by atoms with Gasteiger partial charge in [-0.2, -0.15) is 0 Å². The number of carbonyl (C=O) groups excluding carboxylic acids is 1. The van der Waals surface area contributed by atoms with Crippen LogP contribution in [-0.2, 0) is 17.8 Å². The summed E-state index contributed by atoms with van der Waals surface area (Å²) < 4.78 is 2.12. The Hall–Kier alpha value is -2.88. The van der Waals surface area contributed by atoms with Crippen LogP contribution in [0.3, 0.4) is 0 Å². The van der Waals surface area contributed by atoms with Gasteiger partial charge in [-0.05, 0) is 12.0 Å². The first-order valence-electron chi connectivity index (χ1n) is 8.25. The number of nitrogens with one attached hydrogen (secondary N) is 1. The van der Waals surface area contributed by atoms with Gasteiger partial charge in [-0.15, -0.1) is 0 Å². The number of rotatable bonds is 3. The highest BCUT2D eigenvalue weighted by Crippen LogP contribution is 2.26. The molecule has 0 saturated carbocycles. The van der Waals surface area contributed by atoms with Crippen LogP contribution in [0.25, 0.3) is 11.3 Å². The lowest BCUT2D eigenvalue weighted by atomic mass is 10.1. The van der Waals surface area contributed by atoms with Gasteiger partial charge >= 0.3 is 0 Å². The number of nitrogens with zero attached hydrogens (tertiary/aromatic N) is 2. The van der Waals surface area contributed by atoms with Crippen molar-refractivity contribution >= 4 is 5.91 Å². The molecular weight excluding hydrogens is 298 g/mol. The molecule has 1 unspecified atom stereocenters. The van der Waals surface area contributed by atoms with E-state index in [0.717, 1.165) is 23.5 Å². The number of hydrogen-bond donors (Lipinski definition) is 1. The smallest absolute Gasteiger partial charge is 0.222 e. The molecule has 1 aliphatic rings. The second kappa shape index (κ2) is 6.32. The van der Waals surface area contributed by atoms with Gasteiger partial charge in [0.05, 0.1) is 11.7 Å². The topological polar surface area (TPSA) is 46.9 Å². The zero-order chi connectivity index (χ0) is 16.4. The standard InChI is InChI=1S/C20H19N3O/c24-19-11-12-23-14-18(16-9-5-2-6-10-16)22-20(23)17(21-19)13-15-7-3-1-4-8-15/h1-10,14,17H,11-13H2,(H,21,24). The lowest BCUT2D eigenvalue weighted by Gasteiger charge is -2.16. The summed E-state index contributed by atoms with van der Waals surface area (Å²) in [5.41, 5.74) is 3.25. The van der Waals surface area contributed by atoms with Gasteiger partial charge in [-0.25, -0.2) is 4.98 Å². The van der Waals surface area contributed by atoms with Crippen molar-refractivity contribution < 1.29 is 4.79 Å². The van der Waals surface area contributed by atoms with Gasteiger partial charge in [0.2, 0.25) is 5.91 Å². The van der Waals surface area contributed by atoms with Crippen LogP contribution >= 0.6 is 0 Å². The molecule has 1 amide bonds. The Kier molecular flexibility index (Phi) is 3.87. The SMILES string of the molecule is O=C1CCn2cc(-c3ccccc3)nc2C(Cc2ccccc2)N1. The highest BCUT2D eigenvalue weighted by atomic mass is 16.1. The minimum atomic E-state index is -0.0973. The van der Waals surface area contributed by atoms with E-state index in [1.807, 2.05) is 36.4 Å². The van der Waals surface area contributed by atoms with Gasteiger partial charge in [0.15, 0.2) is 0 Å². The third-order valence-electron chi connectivity index (χ3n) is 4.39. The maximum atomic E-state index is 12.1. The Labute approximate surface area is 141 Å². The molecular formula is C20H19N3O.